The second kappa shape index (κ2) is 18.7. The van der Waals surface area contributed by atoms with E-state index in [1.807, 2.05) is 92.0 Å². The molecule has 0 bridgehead atoms. The van der Waals surface area contributed by atoms with Gasteiger partial charge in [0.2, 0.25) is 0 Å². The Labute approximate surface area is 296 Å². The summed E-state index contributed by atoms with van der Waals surface area (Å²) >= 11 is 0. The number of aryl methyl sites for hydroxylation is 1. The predicted molar refractivity (Wildman–Crippen MR) is 202 cm³/mol. The lowest BCUT2D eigenvalue weighted by atomic mass is 9.85. The summed E-state index contributed by atoms with van der Waals surface area (Å²) < 4.78 is 0. The van der Waals surface area contributed by atoms with Crippen LogP contribution in [0.2, 0.25) is 0 Å². The van der Waals surface area contributed by atoms with Crippen LogP contribution in [-0.2, 0) is 28.9 Å². The van der Waals surface area contributed by atoms with Crippen molar-refractivity contribution in [3.05, 3.63) is 148 Å². The maximum Gasteiger partial charge on any atom is 0.338 e. The molecule has 1 aliphatic heterocycles. The number of nitriles is 1. The first-order chi connectivity index (χ1) is 24.4. The molecule has 0 amide bonds. The molecule has 0 radical (unpaired) electrons. The Hall–Kier alpha value is -5.74. The van der Waals surface area contributed by atoms with Crippen LogP contribution in [0.15, 0.2) is 121 Å². The molecule has 4 aromatic rings. The van der Waals surface area contributed by atoms with Crippen molar-refractivity contribution in [2.75, 3.05) is 12.4 Å². The maximum atomic E-state index is 12.6. The third-order valence-electron chi connectivity index (χ3n) is 8.82. The van der Waals surface area contributed by atoms with Gasteiger partial charge in [0.05, 0.1) is 23.3 Å². The number of hydrogen-bond donors (Lipinski definition) is 4. The summed E-state index contributed by atoms with van der Waals surface area (Å²) in [4.78, 5) is 17.7. The summed E-state index contributed by atoms with van der Waals surface area (Å²) in [5.74, 6) is -0.681. The van der Waals surface area contributed by atoms with Crippen molar-refractivity contribution in [1.82, 2.24) is 5.48 Å². The fourth-order valence-corrected chi connectivity index (χ4v) is 6.36. The molecule has 0 fully saturated rings. The second-order valence-electron chi connectivity index (χ2n) is 12.0. The van der Waals surface area contributed by atoms with Gasteiger partial charge in [-0.15, -0.1) is 0 Å². The minimum atomic E-state index is -1.05. The monoisotopic (exact) mass is 669 g/mol. The number of carbonyl (C=O) groups is 1. The van der Waals surface area contributed by atoms with Gasteiger partial charge in [0.25, 0.3) is 0 Å². The lowest BCUT2D eigenvalue weighted by Crippen LogP contribution is -2.21. The third-order valence-corrected chi connectivity index (χ3v) is 8.82. The number of phenolic OH excluding ortho intramolecular Hbond substituents is 1. The summed E-state index contributed by atoms with van der Waals surface area (Å²) in [6.07, 6.45) is 10.5. The van der Waals surface area contributed by atoms with Gasteiger partial charge in [0, 0.05) is 23.9 Å². The van der Waals surface area contributed by atoms with Crippen molar-refractivity contribution >= 4 is 17.2 Å². The molecule has 7 heteroatoms. The zero-order valence-corrected chi connectivity index (χ0v) is 29.4. The Morgan fingerprint density at radius 3 is 2.22 bits per heavy atom. The van der Waals surface area contributed by atoms with E-state index in [1.54, 1.807) is 18.2 Å². The molecular formula is C43H47N3O4. The molecule has 4 N–H and O–H groups in total. The predicted octanol–water partition coefficient (Wildman–Crippen LogP) is 9.60. The summed E-state index contributed by atoms with van der Waals surface area (Å²) in [6, 6.07) is 31.5. The molecule has 0 saturated carbocycles. The number of nitrogens with one attached hydrogen (secondary N) is 2. The van der Waals surface area contributed by atoms with Crippen LogP contribution in [0.4, 0.5) is 5.69 Å². The number of phenols is 1. The molecule has 1 aliphatic rings. The van der Waals surface area contributed by atoms with Crippen molar-refractivity contribution in [1.29, 1.82) is 5.26 Å². The highest BCUT2D eigenvalue weighted by Crippen LogP contribution is 2.40. The van der Waals surface area contributed by atoms with E-state index in [4.69, 9.17) is 4.84 Å². The zero-order valence-electron chi connectivity index (χ0n) is 29.4. The fraction of sp³-hybridized carbons (Fsp3) is 0.256. The zero-order chi connectivity index (χ0) is 35.9. The third kappa shape index (κ3) is 9.03. The highest BCUT2D eigenvalue weighted by molar-refractivity contribution is 6.07. The van der Waals surface area contributed by atoms with E-state index in [0.29, 0.717) is 23.4 Å². The van der Waals surface area contributed by atoms with Crippen LogP contribution < -0.4 is 10.8 Å². The van der Waals surface area contributed by atoms with Crippen LogP contribution in [0, 0.1) is 17.2 Å². The molecule has 7 nitrogen and oxygen atoms in total. The van der Waals surface area contributed by atoms with E-state index >= 15 is 0 Å². The average Bonchev–Trinajstić information content (AvgIpc) is 3.16. The van der Waals surface area contributed by atoms with Crippen LogP contribution >= 0.6 is 0 Å². The molecule has 1 unspecified atom stereocenters. The van der Waals surface area contributed by atoms with Crippen LogP contribution in [0.5, 0.6) is 5.75 Å². The highest BCUT2D eigenvalue weighted by Gasteiger charge is 2.26. The molecule has 1 heterocycles. The Kier molecular flexibility index (Phi) is 13.9. The van der Waals surface area contributed by atoms with Gasteiger partial charge in [-0.2, -0.15) is 5.26 Å². The molecule has 4 aromatic carbocycles. The van der Waals surface area contributed by atoms with Gasteiger partial charge in [-0.05, 0) is 83.3 Å². The lowest BCUT2D eigenvalue weighted by Gasteiger charge is -2.22. The molecule has 50 heavy (non-hydrogen) atoms. The molecule has 0 aliphatic carbocycles. The van der Waals surface area contributed by atoms with E-state index in [9.17, 15) is 20.3 Å². The molecule has 0 aromatic heterocycles. The normalized spacial score (nSPS) is 12.9. The lowest BCUT2D eigenvalue weighted by molar-refractivity contribution is -0.132. The number of unbranched alkanes of at least 4 members (excludes halogenated alkanes) is 1. The summed E-state index contributed by atoms with van der Waals surface area (Å²) in [6.45, 7) is 6.39. The number of hydroxylamine groups is 1. The number of anilines is 1. The van der Waals surface area contributed by atoms with Gasteiger partial charge in [0.15, 0.2) is 0 Å². The van der Waals surface area contributed by atoms with E-state index < -0.39 is 5.97 Å². The first-order valence-corrected chi connectivity index (χ1v) is 17.3. The number of hydrogen-bond acceptors (Lipinski definition) is 6. The maximum absolute atomic E-state index is 12.6. The van der Waals surface area contributed by atoms with Crippen molar-refractivity contribution in [2.24, 2.45) is 5.92 Å². The largest absolute Gasteiger partial charge is 0.508 e. The van der Waals surface area contributed by atoms with Crippen LogP contribution in [-0.4, -0.2) is 23.2 Å². The van der Waals surface area contributed by atoms with E-state index in [2.05, 4.69) is 37.6 Å². The quantitative estimate of drug-likeness (QED) is 0.105. The Morgan fingerprint density at radius 1 is 0.920 bits per heavy atom. The van der Waals surface area contributed by atoms with Gasteiger partial charge in [0.1, 0.15) is 12.0 Å². The molecule has 0 saturated heterocycles. The first-order valence-electron chi connectivity index (χ1n) is 17.3. The minimum Gasteiger partial charge on any atom is -0.508 e. The highest BCUT2D eigenvalue weighted by atomic mass is 16.6. The molecule has 1 atom stereocenters. The van der Waals surface area contributed by atoms with Crippen LogP contribution in [0.3, 0.4) is 0 Å². The van der Waals surface area contributed by atoms with Gasteiger partial charge >= 0.3 is 5.97 Å². The van der Waals surface area contributed by atoms with Crippen LogP contribution in [0.25, 0.3) is 16.7 Å². The van der Waals surface area contributed by atoms with Crippen molar-refractivity contribution in [3.63, 3.8) is 0 Å². The number of nitrogens with zero attached hydrogens (tertiary/aromatic N) is 1. The number of carboxylic acids is 1. The molecule has 5 rings (SSSR count). The topological polar surface area (TPSA) is 115 Å². The molecule has 0 spiro atoms. The number of allylic oxidation sites excluding steroid dienone is 2. The summed E-state index contributed by atoms with van der Waals surface area (Å²) in [5.41, 5.74) is 11.8. The van der Waals surface area contributed by atoms with Gasteiger partial charge in [-0.3, -0.25) is 0 Å². The van der Waals surface area contributed by atoms with Gasteiger partial charge < -0.3 is 20.4 Å². The van der Waals surface area contributed by atoms with Gasteiger partial charge in [-0.25, -0.2) is 10.3 Å². The number of benzene rings is 4. The smallest absolute Gasteiger partial charge is 0.338 e. The Morgan fingerprint density at radius 2 is 1.64 bits per heavy atom. The number of aromatic hydroxyl groups is 1. The second-order valence-corrected chi connectivity index (χ2v) is 12.0. The molecular weight excluding hydrogens is 622 g/mol. The van der Waals surface area contributed by atoms with Gasteiger partial charge in [-0.1, -0.05) is 112 Å². The fourth-order valence-electron chi connectivity index (χ4n) is 6.36. The van der Waals surface area contributed by atoms with E-state index in [0.717, 1.165) is 65.6 Å². The average molecular weight is 670 g/mol. The van der Waals surface area contributed by atoms with Crippen molar-refractivity contribution in [3.8, 4) is 22.9 Å². The Balaban J connectivity index is 0.000000255. The minimum absolute atomic E-state index is 0.0169. The number of rotatable bonds is 13. The molecule has 258 valence electrons. The first kappa shape index (κ1) is 37.1. The standard InChI is InChI=1S/C26H22N2O3.C17H25NO/c1-27-21-15-8-14-20(23(21)18-10-4-2-5-11-18)24(19-12-6-3-7-13-19)25(26(29)30)22-16-9-17-31-28-22;1-4-7-8-13(12-18)11-16-15(6-3)14(5-2)9-10-17(16)19/h2-17,27-28H,1H3,(H,29,30);9-10,13,19H,4-8,11H2,1-3H3. The summed E-state index contributed by atoms with van der Waals surface area (Å²) in [5, 5.41) is 32.9. The van der Waals surface area contributed by atoms with Crippen LogP contribution in [0.1, 0.15) is 67.9 Å². The SMILES string of the molecule is CCCCC(C#N)Cc1c(O)ccc(CC)c1CC.CNc1cccc(C(=C(C(=O)O)C2=CC=CON2)c2ccccc2)c1-c1ccccc1. The number of carboxylic acid groups (broad SMARTS) is 1. The van der Waals surface area contributed by atoms with E-state index in [1.165, 1.54) is 17.4 Å². The number of aliphatic carboxylic acids is 1. The van der Waals surface area contributed by atoms with E-state index in [-0.39, 0.29) is 11.5 Å². The Bertz CT molecular complexity index is 1870. The summed E-state index contributed by atoms with van der Waals surface area (Å²) in [7, 11) is 1.86. The van der Waals surface area contributed by atoms with Crippen molar-refractivity contribution < 1.29 is 19.8 Å². The van der Waals surface area contributed by atoms with Crippen molar-refractivity contribution in [2.45, 2.75) is 59.3 Å².